The second-order valence-corrected chi connectivity index (χ2v) is 2.94. The van der Waals surface area contributed by atoms with Crippen molar-refractivity contribution in [2.45, 2.75) is 0 Å². The molecule has 1 aromatic carbocycles. The number of hydrogen-bond donors (Lipinski definition) is 0. The lowest BCUT2D eigenvalue weighted by Crippen LogP contribution is -1.74. The zero-order valence-electron chi connectivity index (χ0n) is 5.96. The van der Waals surface area contributed by atoms with E-state index in [1.165, 1.54) is 0 Å². The van der Waals surface area contributed by atoms with Gasteiger partial charge in [0.1, 0.15) is 6.61 Å². The van der Waals surface area contributed by atoms with Gasteiger partial charge in [-0.2, -0.15) is 0 Å². The summed E-state index contributed by atoms with van der Waals surface area (Å²) in [4.78, 5) is 0. The number of rotatable bonds is 2. The highest BCUT2D eigenvalue weighted by atomic mass is 79.9. The molecule has 1 aromatic rings. The summed E-state index contributed by atoms with van der Waals surface area (Å²) in [5.74, 6) is 0. The lowest BCUT2D eigenvalue weighted by molar-refractivity contribution is 0.233. The van der Waals surface area contributed by atoms with Crippen molar-refractivity contribution in [3.8, 4) is 0 Å². The minimum Gasteiger partial charge on any atom is -0.232 e. The van der Waals surface area contributed by atoms with Crippen LogP contribution < -0.4 is 0 Å². The standard InChI is InChI=1S/C9H8BrO/c10-9-6-2-1-4-8(9)5-3-7-11/h1-6H,7H2/b5-3+. The molecule has 0 aliphatic rings. The lowest BCUT2D eigenvalue weighted by Gasteiger charge is -1.94. The quantitative estimate of drug-likeness (QED) is 0.718. The van der Waals surface area contributed by atoms with Crippen molar-refractivity contribution in [2.24, 2.45) is 0 Å². The topological polar surface area (TPSA) is 19.9 Å². The molecule has 0 amide bonds. The van der Waals surface area contributed by atoms with Gasteiger partial charge in [-0.1, -0.05) is 46.3 Å². The molecule has 1 nitrogen and oxygen atoms in total. The van der Waals surface area contributed by atoms with Crippen LogP contribution in [0.15, 0.2) is 34.8 Å². The van der Waals surface area contributed by atoms with Crippen LogP contribution in [0.1, 0.15) is 5.56 Å². The van der Waals surface area contributed by atoms with Crippen LogP contribution in [0.25, 0.3) is 6.08 Å². The highest BCUT2D eigenvalue weighted by Gasteiger charge is 1.90. The third kappa shape index (κ3) is 2.48. The Balaban J connectivity index is 2.86. The van der Waals surface area contributed by atoms with Crippen LogP contribution in [0, 0.1) is 0 Å². The molecular formula is C9H8BrO. The average Bonchev–Trinajstić information content (AvgIpc) is 2.03. The van der Waals surface area contributed by atoms with Crippen LogP contribution >= 0.6 is 15.9 Å². The fourth-order valence-electron chi connectivity index (χ4n) is 0.785. The van der Waals surface area contributed by atoms with E-state index in [0.717, 1.165) is 10.0 Å². The van der Waals surface area contributed by atoms with Gasteiger partial charge in [-0.25, -0.2) is 5.11 Å². The first-order chi connectivity index (χ1) is 5.34. The van der Waals surface area contributed by atoms with Crippen molar-refractivity contribution < 1.29 is 5.11 Å². The Kier molecular flexibility index (Phi) is 3.33. The summed E-state index contributed by atoms with van der Waals surface area (Å²) in [6.07, 6.45) is 3.41. The average molecular weight is 212 g/mol. The fraction of sp³-hybridized carbons (Fsp3) is 0.111. The molecule has 57 valence electrons. The lowest BCUT2D eigenvalue weighted by atomic mass is 10.2. The fourth-order valence-corrected chi connectivity index (χ4v) is 1.20. The van der Waals surface area contributed by atoms with Gasteiger partial charge >= 0.3 is 0 Å². The molecule has 0 unspecified atom stereocenters. The Hall–Kier alpha value is -0.600. The minimum atomic E-state index is -0.165. The van der Waals surface area contributed by atoms with Gasteiger partial charge in [-0.3, -0.25) is 0 Å². The van der Waals surface area contributed by atoms with E-state index >= 15 is 0 Å². The summed E-state index contributed by atoms with van der Waals surface area (Å²) in [5, 5.41) is 10.1. The van der Waals surface area contributed by atoms with E-state index in [4.69, 9.17) is 0 Å². The zero-order valence-corrected chi connectivity index (χ0v) is 7.54. The van der Waals surface area contributed by atoms with Crippen LogP contribution in [0.2, 0.25) is 0 Å². The van der Waals surface area contributed by atoms with Gasteiger partial charge in [-0.05, 0) is 11.6 Å². The molecule has 2 heteroatoms. The van der Waals surface area contributed by atoms with Gasteiger partial charge in [0.15, 0.2) is 0 Å². The Morgan fingerprint density at radius 2 is 2.09 bits per heavy atom. The molecule has 11 heavy (non-hydrogen) atoms. The summed E-state index contributed by atoms with van der Waals surface area (Å²) in [7, 11) is 0. The highest BCUT2D eigenvalue weighted by molar-refractivity contribution is 9.10. The van der Waals surface area contributed by atoms with Crippen molar-refractivity contribution in [1.29, 1.82) is 0 Å². The maximum absolute atomic E-state index is 10.1. The van der Waals surface area contributed by atoms with Gasteiger partial charge in [0, 0.05) is 4.47 Å². The molecule has 0 aliphatic carbocycles. The summed E-state index contributed by atoms with van der Waals surface area (Å²) in [6, 6.07) is 7.79. The second-order valence-electron chi connectivity index (χ2n) is 2.09. The van der Waals surface area contributed by atoms with E-state index in [1.807, 2.05) is 30.3 Å². The molecule has 0 saturated heterocycles. The van der Waals surface area contributed by atoms with Gasteiger partial charge in [0.05, 0.1) is 0 Å². The summed E-state index contributed by atoms with van der Waals surface area (Å²) in [6.45, 7) is -0.165. The zero-order chi connectivity index (χ0) is 8.10. The predicted molar refractivity (Wildman–Crippen MR) is 48.7 cm³/mol. The Labute approximate surface area is 74.5 Å². The first kappa shape index (κ1) is 8.50. The van der Waals surface area contributed by atoms with E-state index in [9.17, 15) is 5.11 Å². The number of hydrogen-bond acceptors (Lipinski definition) is 0. The molecule has 0 aliphatic heterocycles. The smallest absolute Gasteiger partial charge is 0.101 e. The SMILES string of the molecule is [O]C/C=C/c1ccccc1Br. The third-order valence-corrected chi connectivity index (χ3v) is 2.02. The minimum absolute atomic E-state index is 0.165. The van der Waals surface area contributed by atoms with Crippen LogP contribution in [-0.2, 0) is 5.11 Å². The van der Waals surface area contributed by atoms with E-state index in [1.54, 1.807) is 6.08 Å². The second kappa shape index (κ2) is 4.31. The molecule has 0 atom stereocenters. The van der Waals surface area contributed by atoms with Gasteiger partial charge in [0.2, 0.25) is 0 Å². The van der Waals surface area contributed by atoms with Crippen molar-refractivity contribution >= 4 is 22.0 Å². The molecular weight excluding hydrogens is 204 g/mol. The Morgan fingerprint density at radius 3 is 2.73 bits per heavy atom. The summed E-state index contributed by atoms with van der Waals surface area (Å²) >= 11 is 3.37. The molecule has 0 bridgehead atoms. The molecule has 1 rings (SSSR count). The van der Waals surface area contributed by atoms with Crippen molar-refractivity contribution in [3.63, 3.8) is 0 Å². The summed E-state index contributed by atoms with van der Waals surface area (Å²) < 4.78 is 1.02. The first-order valence-corrected chi connectivity index (χ1v) is 4.13. The molecule has 0 heterocycles. The molecule has 0 aromatic heterocycles. The van der Waals surface area contributed by atoms with Gasteiger partial charge in [-0.15, -0.1) is 0 Å². The van der Waals surface area contributed by atoms with Crippen molar-refractivity contribution in [3.05, 3.63) is 40.4 Å². The number of benzene rings is 1. The normalized spacial score (nSPS) is 10.7. The predicted octanol–water partition coefficient (Wildman–Crippen LogP) is 2.89. The van der Waals surface area contributed by atoms with Crippen molar-refractivity contribution in [1.82, 2.24) is 0 Å². The van der Waals surface area contributed by atoms with Crippen LogP contribution in [0.5, 0.6) is 0 Å². The Bertz CT molecular complexity index is 255. The molecule has 1 radical (unpaired) electrons. The maximum Gasteiger partial charge on any atom is 0.101 e. The van der Waals surface area contributed by atoms with Crippen LogP contribution in [0.3, 0.4) is 0 Å². The van der Waals surface area contributed by atoms with E-state index < -0.39 is 0 Å². The van der Waals surface area contributed by atoms with Gasteiger partial charge in [0.25, 0.3) is 0 Å². The van der Waals surface area contributed by atoms with Crippen LogP contribution in [0.4, 0.5) is 0 Å². The maximum atomic E-state index is 10.1. The highest BCUT2D eigenvalue weighted by Crippen LogP contribution is 2.16. The van der Waals surface area contributed by atoms with E-state index in [0.29, 0.717) is 0 Å². The van der Waals surface area contributed by atoms with Crippen molar-refractivity contribution in [2.75, 3.05) is 6.61 Å². The molecule has 0 fully saturated rings. The molecule has 0 saturated carbocycles. The molecule has 0 N–H and O–H groups in total. The monoisotopic (exact) mass is 211 g/mol. The largest absolute Gasteiger partial charge is 0.232 e. The Morgan fingerprint density at radius 1 is 1.36 bits per heavy atom. The third-order valence-electron chi connectivity index (χ3n) is 1.30. The van der Waals surface area contributed by atoms with E-state index in [-0.39, 0.29) is 6.61 Å². The summed E-state index contributed by atoms with van der Waals surface area (Å²) in [5.41, 5.74) is 1.04. The number of halogens is 1. The first-order valence-electron chi connectivity index (χ1n) is 3.34. The molecule has 0 spiro atoms. The van der Waals surface area contributed by atoms with Crippen LogP contribution in [-0.4, -0.2) is 6.61 Å². The van der Waals surface area contributed by atoms with E-state index in [2.05, 4.69) is 15.9 Å². The van der Waals surface area contributed by atoms with Gasteiger partial charge < -0.3 is 0 Å².